The fourth-order valence-electron chi connectivity index (χ4n) is 0.909. The third-order valence-electron chi connectivity index (χ3n) is 1.39. The third kappa shape index (κ3) is 1.25. The fourth-order valence-corrected chi connectivity index (χ4v) is 3.31. The van der Waals surface area contributed by atoms with Crippen LogP contribution in [0.15, 0.2) is 17.6 Å². The standard InChI is InChI=1S/C7H3ClINS/c8-7-6-4(9)3-11-5(6)1-2-10-7/h1-3H. The molecule has 0 amide bonds. The van der Waals surface area contributed by atoms with Gasteiger partial charge in [-0.2, -0.15) is 0 Å². The lowest BCUT2D eigenvalue weighted by molar-refractivity contribution is 1.37. The number of hydrogen-bond donors (Lipinski definition) is 0. The molecule has 0 aromatic carbocycles. The number of pyridine rings is 1. The highest BCUT2D eigenvalue weighted by molar-refractivity contribution is 14.1. The zero-order chi connectivity index (χ0) is 7.84. The number of rotatable bonds is 0. The Morgan fingerprint density at radius 3 is 3.09 bits per heavy atom. The van der Waals surface area contributed by atoms with E-state index >= 15 is 0 Å². The van der Waals surface area contributed by atoms with Crippen molar-refractivity contribution >= 4 is 55.6 Å². The van der Waals surface area contributed by atoms with Gasteiger partial charge in [0, 0.05) is 25.2 Å². The second kappa shape index (κ2) is 2.88. The first kappa shape index (κ1) is 7.76. The number of thiophene rings is 1. The molecule has 2 aromatic heterocycles. The SMILES string of the molecule is Clc1nccc2scc(I)c12. The molecule has 0 aliphatic carbocycles. The number of hydrogen-bond acceptors (Lipinski definition) is 2. The van der Waals surface area contributed by atoms with Crippen molar-refractivity contribution in [3.05, 3.63) is 26.4 Å². The van der Waals surface area contributed by atoms with E-state index in [2.05, 4.69) is 33.0 Å². The highest BCUT2D eigenvalue weighted by atomic mass is 127. The summed E-state index contributed by atoms with van der Waals surface area (Å²) in [6.07, 6.45) is 1.73. The van der Waals surface area contributed by atoms with E-state index in [4.69, 9.17) is 11.6 Å². The molecule has 56 valence electrons. The van der Waals surface area contributed by atoms with E-state index in [0.717, 1.165) is 5.39 Å². The Morgan fingerprint density at radius 1 is 1.55 bits per heavy atom. The summed E-state index contributed by atoms with van der Waals surface area (Å²) >= 11 is 9.86. The summed E-state index contributed by atoms with van der Waals surface area (Å²) in [5.74, 6) is 0. The van der Waals surface area contributed by atoms with Gasteiger partial charge in [-0.1, -0.05) is 11.6 Å². The molecular weight excluding hydrogens is 293 g/mol. The zero-order valence-corrected chi connectivity index (χ0v) is 9.07. The molecule has 2 rings (SSSR count). The zero-order valence-electron chi connectivity index (χ0n) is 5.34. The highest BCUT2D eigenvalue weighted by Crippen LogP contribution is 2.30. The maximum absolute atomic E-state index is 5.89. The van der Waals surface area contributed by atoms with E-state index in [1.807, 2.05) is 6.07 Å². The molecule has 0 bridgehead atoms. The van der Waals surface area contributed by atoms with Gasteiger partial charge < -0.3 is 0 Å². The van der Waals surface area contributed by atoms with Gasteiger partial charge in [-0.15, -0.1) is 11.3 Å². The number of fused-ring (bicyclic) bond motifs is 1. The van der Waals surface area contributed by atoms with Crippen LogP contribution >= 0.6 is 45.5 Å². The van der Waals surface area contributed by atoms with E-state index < -0.39 is 0 Å². The van der Waals surface area contributed by atoms with Crippen LogP contribution in [0.1, 0.15) is 0 Å². The van der Waals surface area contributed by atoms with Gasteiger partial charge in [0.15, 0.2) is 0 Å². The molecule has 0 unspecified atom stereocenters. The lowest BCUT2D eigenvalue weighted by atomic mass is 10.3. The minimum Gasteiger partial charge on any atom is -0.244 e. The van der Waals surface area contributed by atoms with Crippen LogP contribution in [-0.4, -0.2) is 4.98 Å². The van der Waals surface area contributed by atoms with E-state index in [-0.39, 0.29) is 0 Å². The Labute approximate surface area is 86.5 Å². The molecule has 0 aliphatic heterocycles. The van der Waals surface area contributed by atoms with Crippen LogP contribution < -0.4 is 0 Å². The lowest BCUT2D eigenvalue weighted by Gasteiger charge is -1.91. The first-order valence-corrected chi connectivity index (χ1v) is 5.30. The number of aromatic nitrogens is 1. The Morgan fingerprint density at radius 2 is 2.36 bits per heavy atom. The van der Waals surface area contributed by atoms with Crippen LogP contribution in [0.2, 0.25) is 5.15 Å². The molecule has 4 heteroatoms. The van der Waals surface area contributed by atoms with E-state index in [1.54, 1.807) is 17.5 Å². The molecule has 0 N–H and O–H groups in total. The minimum absolute atomic E-state index is 0.605. The molecule has 2 heterocycles. The van der Waals surface area contributed by atoms with Crippen LogP contribution in [-0.2, 0) is 0 Å². The van der Waals surface area contributed by atoms with Crippen LogP contribution in [0.25, 0.3) is 10.1 Å². The van der Waals surface area contributed by atoms with Crippen molar-refractivity contribution in [3.8, 4) is 0 Å². The molecule has 0 atom stereocenters. The molecule has 11 heavy (non-hydrogen) atoms. The summed E-state index contributed by atoms with van der Waals surface area (Å²) < 4.78 is 2.38. The van der Waals surface area contributed by atoms with Crippen molar-refractivity contribution in [2.75, 3.05) is 0 Å². The van der Waals surface area contributed by atoms with Crippen molar-refractivity contribution in [3.63, 3.8) is 0 Å². The average Bonchev–Trinajstić information content (AvgIpc) is 2.34. The molecule has 0 spiro atoms. The Balaban J connectivity index is 2.96. The van der Waals surface area contributed by atoms with Gasteiger partial charge in [0.1, 0.15) is 5.15 Å². The van der Waals surface area contributed by atoms with Gasteiger partial charge in [0.2, 0.25) is 0 Å². The summed E-state index contributed by atoms with van der Waals surface area (Å²) in [6, 6.07) is 1.98. The lowest BCUT2D eigenvalue weighted by Crippen LogP contribution is -1.74. The van der Waals surface area contributed by atoms with Crippen molar-refractivity contribution < 1.29 is 0 Å². The predicted molar refractivity (Wildman–Crippen MR) is 57.3 cm³/mol. The minimum atomic E-state index is 0.605. The smallest absolute Gasteiger partial charge is 0.138 e. The van der Waals surface area contributed by atoms with Crippen molar-refractivity contribution in [1.82, 2.24) is 4.98 Å². The molecule has 0 saturated carbocycles. The maximum Gasteiger partial charge on any atom is 0.138 e. The summed E-state index contributed by atoms with van der Waals surface area (Å²) in [5, 5.41) is 3.77. The first-order valence-electron chi connectivity index (χ1n) is 2.96. The van der Waals surface area contributed by atoms with Crippen LogP contribution in [0.4, 0.5) is 0 Å². The van der Waals surface area contributed by atoms with Gasteiger partial charge in [-0.3, -0.25) is 0 Å². The Kier molecular flexibility index (Phi) is 2.03. The maximum atomic E-state index is 5.89. The molecular formula is C7H3ClINS. The highest BCUT2D eigenvalue weighted by Gasteiger charge is 2.04. The normalized spacial score (nSPS) is 10.7. The summed E-state index contributed by atoms with van der Waals surface area (Å²) in [6.45, 7) is 0. The second-order valence-electron chi connectivity index (χ2n) is 2.06. The topological polar surface area (TPSA) is 12.9 Å². The van der Waals surface area contributed by atoms with E-state index in [1.165, 1.54) is 8.27 Å². The van der Waals surface area contributed by atoms with Crippen molar-refractivity contribution in [2.24, 2.45) is 0 Å². The number of halogens is 2. The van der Waals surface area contributed by atoms with Crippen LogP contribution in [0, 0.1) is 3.57 Å². The largest absolute Gasteiger partial charge is 0.244 e. The van der Waals surface area contributed by atoms with Gasteiger partial charge in [0.05, 0.1) is 0 Å². The fraction of sp³-hybridized carbons (Fsp3) is 0. The van der Waals surface area contributed by atoms with E-state index in [9.17, 15) is 0 Å². The van der Waals surface area contributed by atoms with Crippen LogP contribution in [0.3, 0.4) is 0 Å². The predicted octanol–water partition coefficient (Wildman–Crippen LogP) is 3.55. The molecule has 0 aliphatic rings. The van der Waals surface area contributed by atoms with Gasteiger partial charge in [-0.05, 0) is 28.7 Å². The molecule has 0 saturated heterocycles. The second-order valence-corrected chi connectivity index (χ2v) is 4.49. The van der Waals surface area contributed by atoms with Crippen molar-refractivity contribution in [2.45, 2.75) is 0 Å². The van der Waals surface area contributed by atoms with Gasteiger partial charge in [-0.25, -0.2) is 4.98 Å². The van der Waals surface area contributed by atoms with Crippen LogP contribution in [0.5, 0.6) is 0 Å². The quantitative estimate of drug-likeness (QED) is 0.535. The molecule has 1 nitrogen and oxygen atoms in total. The molecule has 2 aromatic rings. The monoisotopic (exact) mass is 295 g/mol. The van der Waals surface area contributed by atoms with Crippen molar-refractivity contribution in [1.29, 1.82) is 0 Å². The van der Waals surface area contributed by atoms with E-state index in [0.29, 0.717) is 5.15 Å². The molecule has 0 fully saturated rings. The van der Waals surface area contributed by atoms with Gasteiger partial charge in [0.25, 0.3) is 0 Å². The Hall–Kier alpha value is 0.130. The number of nitrogens with zero attached hydrogens (tertiary/aromatic N) is 1. The van der Waals surface area contributed by atoms with Gasteiger partial charge >= 0.3 is 0 Å². The first-order chi connectivity index (χ1) is 5.29. The Bertz CT molecular complexity index is 398. The summed E-state index contributed by atoms with van der Waals surface area (Å²) in [4.78, 5) is 4.01. The summed E-state index contributed by atoms with van der Waals surface area (Å²) in [7, 11) is 0. The third-order valence-corrected chi connectivity index (χ3v) is 3.90. The average molecular weight is 296 g/mol. The summed E-state index contributed by atoms with van der Waals surface area (Å²) in [5.41, 5.74) is 0. The molecule has 0 radical (unpaired) electrons.